The number of aliphatic hydroxyl groups excluding tert-OH is 1. The van der Waals surface area contributed by atoms with Crippen LogP contribution in [0.5, 0.6) is 0 Å². The van der Waals surface area contributed by atoms with E-state index in [0.717, 1.165) is 12.1 Å². The van der Waals surface area contributed by atoms with Gasteiger partial charge in [0.1, 0.15) is 5.82 Å². The Morgan fingerprint density at radius 1 is 1.25 bits per heavy atom. The predicted molar refractivity (Wildman–Crippen MR) is 36.2 cm³/mol. The van der Waals surface area contributed by atoms with Gasteiger partial charge in [0.05, 0.1) is 0 Å². The van der Waals surface area contributed by atoms with E-state index in [1.165, 1.54) is 12.1 Å². The van der Waals surface area contributed by atoms with Crippen molar-refractivity contribution in [3.63, 3.8) is 0 Å². The molecule has 0 saturated heterocycles. The van der Waals surface area contributed by atoms with Gasteiger partial charge in [0.25, 0.3) is 0 Å². The quantitative estimate of drug-likeness (QED) is 0.411. The van der Waals surface area contributed by atoms with Gasteiger partial charge in [0.2, 0.25) is 6.29 Å². The zero-order valence-corrected chi connectivity index (χ0v) is 5.98. The van der Waals surface area contributed by atoms with Crippen molar-refractivity contribution in [3.8, 4) is 0 Å². The standard InChI is InChI=1S/C7H7FO4/c8-6-3-1-5(2-4-6)7(9)11-12-10/h1-4,7,9-10H. The van der Waals surface area contributed by atoms with Crippen LogP contribution in [0.25, 0.3) is 0 Å². The van der Waals surface area contributed by atoms with Gasteiger partial charge in [-0.15, -0.1) is 0 Å². The summed E-state index contributed by atoms with van der Waals surface area (Å²) in [4.78, 5) is 3.96. The molecule has 1 atom stereocenters. The minimum atomic E-state index is -1.42. The number of halogens is 1. The fourth-order valence-corrected chi connectivity index (χ4v) is 0.724. The molecule has 1 rings (SSSR count). The summed E-state index contributed by atoms with van der Waals surface area (Å²) in [5.41, 5.74) is 0.283. The molecule has 0 spiro atoms. The Kier molecular flexibility index (Phi) is 3.12. The Hall–Kier alpha value is -1.01. The summed E-state index contributed by atoms with van der Waals surface area (Å²) in [6.07, 6.45) is -1.42. The molecule has 4 nitrogen and oxygen atoms in total. The molecule has 0 saturated carbocycles. The number of rotatable bonds is 3. The number of aliphatic hydroxyl groups is 1. The summed E-state index contributed by atoms with van der Waals surface area (Å²) in [7, 11) is 0. The van der Waals surface area contributed by atoms with Crippen molar-refractivity contribution in [2.75, 3.05) is 0 Å². The smallest absolute Gasteiger partial charge is 0.218 e. The van der Waals surface area contributed by atoms with Gasteiger partial charge in [0.15, 0.2) is 0 Å². The van der Waals surface area contributed by atoms with E-state index in [0.29, 0.717) is 0 Å². The second-order valence-corrected chi connectivity index (χ2v) is 2.07. The zero-order valence-electron chi connectivity index (χ0n) is 5.98. The van der Waals surface area contributed by atoms with E-state index in [1.807, 2.05) is 0 Å². The van der Waals surface area contributed by atoms with Gasteiger partial charge in [-0.05, 0) is 12.1 Å². The fourth-order valence-electron chi connectivity index (χ4n) is 0.724. The molecule has 0 aliphatic heterocycles. The third-order valence-corrected chi connectivity index (χ3v) is 1.29. The van der Waals surface area contributed by atoms with Crippen LogP contribution >= 0.6 is 0 Å². The first-order valence-electron chi connectivity index (χ1n) is 3.14. The minimum absolute atomic E-state index is 0.283. The SMILES string of the molecule is OOOC(O)c1ccc(F)cc1. The average Bonchev–Trinajstić information content (AvgIpc) is 2.06. The highest BCUT2D eigenvalue weighted by Gasteiger charge is 2.07. The van der Waals surface area contributed by atoms with Crippen molar-refractivity contribution in [1.29, 1.82) is 0 Å². The number of hydrogen-bond acceptors (Lipinski definition) is 4. The maximum atomic E-state index is 12.3. The first kappa shape index (κ1) is 9.08. The van der Waals surface area contributed by atoms with Crippen LogP contribution < -0.4 is 0 Å². The van der Waals surface area contributed by atoms with Crippen molar-refractivity contribution in [2.45, 2.75) is 6.29 Å². The Morgan fingerprint density at radius 3 is 2.33 bits per heavy atom. The molecule has 12 heavy (non-hydrogen) atoms. The summed E-state index contributed by atoms with van der Waals surface area (Å²) in [5.74, 6) is -0.420. The molecule has 0 fully saturated rings. The lowest BCUT2D eigenvalue weighted by Crippen LogP contribution is -2.02. The van der Waals surface area contributed by atoms with Crippen LogP contribution in [-0.2, 0) is 9.93 Å². The second kappa shape index (κ2) is 4.13. The molecule has 0 aliphatic rings. The Labute approximate surface area is 67.6 Å². The largest absolute Gasteiger partial charge is 0.362 e. The van der Waals surface area contributed by atoms with Crippen molar-refractivity contribution in [1.82, 2.24) is 0 Å². The molecule has 0 amide bonds. The van der Waals surface area contributed by atoms with Crippen molar-refractivity contribution < 1.29 is 24.7 Å². The van der Waals surface area contributed by atoms with Crippen LogP contribution in [0.15, 0.2) is 24.3 Å². The molecule has 2 N–H and O–H groups in total. The third kappa shape index (κ3) is 2.24. The van der Waals surface area contributed by atoms with E-state index in [4.69, 9.17) is 10.4 Å². The summed E-state index contributed by atoms with van der Waals surface area (Å²) in [5, 5.41) is 20.0. The molecule has 1 unspecified atom stereocenters. The molecule has 0 aromatic heterocycles. The molecule has 0 radical (unpaired) electrons. The van der Waals surface area contributed by atoms with E-state index in [9.17, 15) is 4.39 Å². The van der Waals surface area contributed by atoms with Crippen LogP contribution in [0.1, 0.15) is 11.9 Å². The summed E-state index contributed by atoms with van der Waals surface area (Å²) in [6, 6.07) is 4.91. The molecule has 1 aromatic carbocycles. The van der Waals surface area contributed by atoms with Crippen molar-refractivity contribution in [3.05, 3.63) is 35.6 Å². The number of benzene rings is 1. The first-order valence-corrected chi connectivity index (χ1v) is 3.14. The van der Waals surface area contributed by atoms with E-state index in [-0.39, 0.29) is 5.56 Å². The van der Waals surface area contributed by atoms with E-state index in [1.54, 1.807) is 0 Å². The molecule has 0 bridgehead atoms. The average molecular weight is 174 g/mol. The van der Waals surface area contributed by atoms with Crippen molar-refractivity contribution >= 4 is 0 Å². The number of hydrogen-bond donors (Lipinski definition) is 2. The molecular weight excluding hydrogens is 167 g/mol. The molecule has 0 heterocycles. The maximum absolute atomic E-state index is 12.3. The molecule has 1 aromatic rings. The predicted octanol–water partition coefficient (Wildman–Crippen LogP) is 1.24. The molecule has 5 heteroatoms. The first-order chi connectivity index (χ1) is 5.74. The van der Waals surface area contributed by atoms with Crippen LogP contribution in [-0.4, -0.2) is 10.4 Å². The van der Waals surface area contributed by atoms with Gasteiger partial charge in [-0.3, -0.25) is 0 Å². The summed E-state index contributed by atoms with van der Waals surface area (Å²) in [6.45, 7) is 0. The van der Waals surface area contributed by atoms with Gasteiger partial charge in [-0.2, -0.15) is 4.89 Å². The Balaban J connectivity index is 2.68. The minimum Gasteiger partial charge on any atom is -0.362 e. The van der Waals surface area contributed by atoms with E-state index >= 15 is 0 Å². The van der Waals surface area contributed by atoms with Crippen LogP contribution in [0, 0.1) is 5.82 Å². The fraction of sp³-hybridized carbons (Fsp3) is 0.143. The zero-order chi connectivity index (χ0) is 8.97. The third-order valence-electron chi connectivity index (χ3n) is 1.29. The lowest BCUT2D eigenvalue weighted by atomic mass is 10.2. The summed E-state index contributed by atoms with van der Waals surface area (Å²) >= 11 is 0. The van der Waals surface area contributed by atoms with Gasteiger partial charge in [-0.25, -0.2) is 9.65 Å². The van der Waals surface area contributed by atoms with Crippen LogP contribution in [0.3, 0.4) is 0 Å². The molecular formula is C7H7FO4. The monoisotopic (exact) mass is 174 g/mol. The van der Waals surface area contributed by atoms with Crippen LogP contribution in [0.4, 0.5) is 4.39 Å². The van der Waals surface area contributed by atoms with E-state index < -0.39 is 12.1 Å². The normalized spacial score (nSPS) is 12.9. The van der Waals surface area contributed by atoms with Gasteiger partial charge in [-0.1, -0.05) is 17.2 Å². The van der Waals surface area contributed by atoms with Crippen LogP contribution in [0.2, 0.25) is 0 Å². The molecule has 0 aliphatic carbocycles. The van der Waals surface area contributed by atoms with Gasteiger partial charge in [0, 0.05) is 5.56 Å². The highest BCUT2D eigenvalue weighted by atomic mass is 19.1. The Bertz CT molecular complexity index is 236. The highest BCUT2D eigenvalue weighted by Crippen LogP contribution is 2.13. The maximum Gasteiger partial charge on any atom is 0.218 e. The Morgan fingerprint density at radius 2 is 1.83 bits per heavy atom. The highest BCUT2D eigenvalue weighted by molar-refractivity contribution is 5.16. The lowest BCUT2D eigenvalue weighted by Gasteiger charge is -2.06. The lowest BCUT2D eigenvalue weighted by molar-refractivity contribution is -0.530. The topological polar surface area (TPSA) is 58.9 Å². The van der Waals surface area contributed by atoms with Gasteiger partial charge >= 0.3 is 0 Å². The molecule has 66 valence electrons. The van der Waals surface area contributed by atoms with E-state index in [2.05, 4.69) is 9.93 Å². The second-order valence-electron chi connectivity index (χ2n) is 2.07. The van der Waals surface area contributed by atoms with Gasteiger partial charge < -0.3 is 5.11 Å². The van der Waals surface area contributed by atoms with Crippen molar-refractivity contribution in [2.24, 2.45) is 0 Å². The summed E-state index contributed by atoms with van der Waals surface area (Å²) < 4.78 is 12.3.